The highest BCUT2D eigenvalue weighted by Gasteiger charge is 2.29. The number of halogens is 1. The van der Waals surface area contributed by atoms with Gasteiger partial charge in [-0.3, -0.25) is 0 Å². The van der Waals surface area contributed by atoms with E-state index in [9.17, 15) is 0 Å². The summed E-state index contributed by atoms with van der Waals surface area (Å²) in [7, 11) is 0. The summed E-state index contributed by atoms with van der Waals surface area (Å²) in [5, 5.41) is 6.73. The molecular formula is C22H39IN4O2. The van der Waals surface area contributed by atoms with Crippen molar-refractivity contribution >= 4 is 29.9 Å². The Morgan fingerprint density at radius 2 is 1.90 bits per heavy atom. The number of nitrogens with zero attached hydrogens (tertiary/aromatic N) is 2. The van der Waals surface area contributed by atoms with Gasteiger partial charge in [0.25, 0.3) is 0 Å². The molecule has 7 heteroatoms. The van der Waals surface area contributed by atoms with Gasteiger partial charge >= 0.3 is 0 Å². The topological polar surface area (TPSA) is 58.1 Å². The zero-order chi connectivity index (χ0) is 20.2. The number of hydrogen-bond acceptors (Lipinski definition) is 4. The van der Waals surface area contributed by atoms with Gasteiger partial charge in [-0.15, -0.1) is 24.0 Å². The third-order valence-corrected chi connectivity index (χ3v) is 5.19. The lowest BCUT2D eigenvalue weighted by Gasteiger charge is -2.24. The number of rotatable bonds is 11. The van der Waals surface area contributed by atoms with Crippen LogP contribution in [0.3, 0.4) is 0 Å². The summed E-state index contributed by atoms with van der Waals surface area (Å²) in [6.45, 7) is 15.5. The van der Waals surface area contributed by atoms with Crippen LogP contribution in [0.15, 0.2) is 29.3 Å². The predicted molar refractivity (Wildman–Crippen MR) is 132 cm³/mol. The number of nitrogens with one attached hydrogen (secondary N) is 2. The average Bonchev–Trinajstić information content (AvgIpc) is 3.15. The van der Waals surface area contributed by atoms with Gasteiger partial charge < -0.3 is 25.0 Å². The second kappa shape index (κ2) is 14.0. The van der Waals surface area contributed by atoms with Crippen molar-refractivity contribution in [2.45, 2.75) is 52.7 Å². The lowest BCUT2D eigenvalue weighted by Crippen LogP contribution is -2.45. The summed E-state index contributed by atoms with van der Waals surface area (Å²) in [5.41, 5.74) is 1.08. The van der Waals surface area contributed by atoms with Crippen LogP contribution in [0.1, 0.15) is 46.1 Å². The van der Waals surface area contributed by atoms with Crippen LogP contribution in [0.5, 0.6) is 5.75 Å². The van der Waals surface area contributed by atoms with Crippen molar-refractivity contribution in [3.8, 4) is 5.75 Å². The van der Waals surface area contributed by atoms with Crippen LogP contribution in [0, 0.1) is 0 Å². The highest BCUT2D eigenvalue weighted by molar-refractivity contribution is 14.0. The van der Waals surface area contributed by atoms with Gasteiger partial charge in [-0.05, 0) is 57.5 Å². The Bertz CT molecular complexity index is 585. The second-order valence-corrected chi connectivity index (χ2v) is 7.47. The minimum atomic E-state index is -0.0830. The monoisotopic (exact) mass is 518 g/mol. The minimum Gasteiger partial charge on any atom is -0.492 e. The van der Waals surface area contributed by atoms with Gasteiger partial charge in [0, 0.05) is 26.2 Å². The molecule has 1 aliphatic heterocycles. The van der Waals surface area contributed by atoms with Gasteiger partial charge in [0.2, 0.25) is 0 Å². The first kappa shape index (κ1) is 26.0. The normalized spacial score (nSPS) is 19.1. The Hall–Kier alpha value is -1.06. The first-order chi connectivity index (χ1) is 13.6. The van der Waals surface area contributed by atoms with E-state index in [1.165, 1.54) is 0 Å². The number of ether oxygens (including phenoxy) is 2. The molecule has 1 saturated heterocycles. The molecule has 0 radical (unpaired) electrons. The molecule has 0 spiro atoms. The van der Waals surface area contributed by atoms with Gasteiger partial charge in [0.1, 0.15) is 12.4 Å². The van der Waals surface area contributed by atoms with Crippen molar-refractivity contribution in [3.05, 3.63) is 29.8 Å². The number of guanidine groups is 1. The molecule has 0 aromatic heterocycles. The molecule has 0 bridgehead atoms. The Labute approximate surface area is 193 Å². The molecule has 0 aliphatic carbocycles. The molecule has 1 heterocycles. The fraction of sp³-hybridized carbons (Fsp3) is 0.682. The molecule has 2 N–H and O–H groups in total. The fourth-order valence-electron chi connectivity index (χ4n) is 3.28. The van der Waals surface area contributed by atoms with Crippen LogP contribution < -0.4 is 15.4 Å². The third kappa shape index (κ3) is 9.53. The summed E-state index contributed by atoms with van der Waals surface area (Å²) >= 11 is 0. The fourth-order valence-corrected chi connectivity index (χ4v) is 3.28. The molecule has 1 aliphatic rings. The van der Waals surface area contributed by atoms with Crippen molar-refractivity contribution in [3.63, 3.8) is 0 Å². The van der Waals surface area contributed by atoms with Gasteiger partial charge in [0.05, 0.1) is 12.1 Å². The molecule has 29 heavy (non-hydrogen) atoms. The summed E-state index contributed by atoms with van der Waals surface area (Å²) in [5.74, 6) is 1.75. The van der Waals surface area contributed by atoms with Gasteiger partial charge in [0.15, 0.2) is 5.96 Å². The molecule has 166 valence electrons. The third-order valence-electron chi connectivity index (χ3n) is 5.19. The van der Waals surface area contributed by atoms with E-state index in [0.717, 1.165) is 69.4 Å². The smallest absolute Gasteiger partial charge is 0.191 e. The van der Waals surface area contributed by atoms with Crippen LogP contribution in [0.4, 0.5) is 0 Å². The molecule has 1 atom stereocenters. The van der Waals surface area contributed by atoms with Crippen molar-refractivity contribution in [2.24, 2.45) is 4.99 Å². The average molecular weight is 518 g/mol. The van der Waals surface area contributed by atoms with E-state index < -0.39 is 0 Å². The standard InChI is InChI=1S/C22H38N4O2.HI/c1-5-23-21(25-18-22(4)13-8-15-28-22)24-17-19-9-11-20(12-10-19)27-16-14-26(6-2)7-3;/h9-12H,5-8,13-18H2,1-4H3,(H2,23,24,25);1H. The van der Waals surface area contributed by atoms with Crippen molar-refractivity contribution in [1.29, 1.82) is 0 Å². The van der Waals surface area contributed by atoms with Gasteiger partial charge in [-0.1, -0.05) is 26.0 Å². The Morgan fingerprint density at radius 3 is 2.48 bits per heavy atom. The van der Waals surface area contributed by atoms with Crippen LogP contribution in [0.2, 0.25) is 0 Å². The molecule has 2 rings (SSSR count). The summed E-state index contributed by atoms with van der Waals surface area (Å²) in [6.07, 6.45) is 2.23. The number of hydrogen-bond donors (Lipinski definition) is 2. The van der Waals surface area contributed by atoms with Gasteiger partial charge in [-0.2, -0.15) is 0 Å². The zero-order valence-electron chi connectivity index (χ0n) is 18.5. The van der Waals surface area contributed by atoms with Crippen molar-refractivity contribution in [1.82, 2.24) is 15.5 Å². The first-order valence-electron chi connectivity index (χ1n) is 10.7. The molecule has 1 fully saturated rings. The molecular weight excluding hydrogens is 479 g/mol. The maximum Gasteiger partial charge on any atom is 0.191 e. The maximum absolute atomic E-state index is 5.85. The summed E-state index contributed by atoms with van der Waals surface area (Å²) < 4.78 is 11.7. The first-order valence-corrected chi connectivity index (χ1v) is 10.7. The minimum absolute atomic E-state index is 0. The second-order valence-electron chi connectivity index (χ2n) is 7.47. The van der Waals surface area contributed by atoms with E-state index in [2.05, 4.69) is 55.4 Å². The SMILES string of the molecule is CCNC(=NCc1ccc(OCCN(CC)CC)cc1)NCC1(C)CCCO1.I. The Morgan fingerprint density at radius 1 is 1.17 bits per heavy atom. The van der Waals surface area contributed by atoms with Crippen molar-refractivity contribution in [2.75, 3.05) is 45.9 Å². The Balaban J connectivity index is 0.00000420. The van der Waals surface area contributed by atoms with E-state index in [4.69, 9.17) is 14.5 Å². The highest BCUT2D eigenvalue weighted by Crippen LogP contribution is 2.23. The molecule has 6 nitrogen and oxygen atoms in total. The van der Waals surface area contributed by atoms with E-state index in [0.29, 0.717) is 13.2 Å². The quantitative estimate of drug-likeness (QED) is 0.266. The predicted octanol–water partition coefficient (Wildman–Crippen LogP) is 3.65. The summed E-state index contributed by atoms with van der Waals surface area (Å²) in [4.78, 5) is 7.06. The largest absolute Gasteiger partial charge is 0.492 e. The van der Waals surface area contributed by atoms with Crippen LogP contribution in [0.25, 0.3) is 0 Å². The molecule has 0 amide bonds. The van der Waals surface area contributed by atoms with E-state index in [1.807, 2.05) is 12.1 Å². The molecule has 1 aromatic carbocycles. The van der Waals surface area contributed by atoms with Crippen LogP contribution in [-0.4, -0.2) is 62.4 Å². The highest BCUT2D eigenvalue weighted by atomic mass is 127. The molecule has 0 saturated carbocycles. The number of aliphatic imine (C=N–C) groups is 1. The van der Waals surface area contributed by atoms with E-state index in [1.54, 1.807) is 0 Å². The summed E-state index contributed by atoms with van der Waals surface area (Å²) in [6, 6.07) is 8.23. The van der Waals surface area contributed by atoms with E-state index >= 15 is 0 Å². The molecule has 1 unspecified atom stereocenters. The lowest BCUT2D eigenvalue weighted by atomic mass is 10.0. The lowest BCUT2D eigenvalue weighted by molar-refractivity contribution is 0.0243. The van der Waals surface area contributed by atoms with Crippen LogP contribution >= 0.6 is 24.0 Å². The zero-order valence-corrected chi connectivity index (χ0v) is 20.8. The van der Waals surface area contributed by atoms with Gasteiger partial charge in [-0.25, -0.2) is 4.99 Å². The molecule has 1 aromatic rings. The van der Waals surface area contributed by atoms with Crippen LogP contribution in [-0.2, 0) is 11.3 Å². The maximum atomic E-state index is 5.85. The van der Waals surface area contributed by atoms with Crippen molar-refractivity contribution < 1.29 is 9.47 Å². The number of likely N-dealkylation sites (N-methyl/N-ethyl adjacent to an activating group) is 1. The Kier molecular flexibility index (Phi) is 12.6. The van der Waals surface area contributed by atoms with E-state index in [-0.39, 0.29) is 29.6 Å². The number of benzene rings is 1.